The number of hydrogen-bond donors (Lipinski definition) is 6. The van der Waals surface area contributed by atoms with Crippen LogP contribution in [0.25, 0.3) is 6.08 Å². The van der Waals surface area contributed by atoms with Crippen molar-refractivity contribution in [2.45, 2.75) is 283 Å². The second-order valence-electron chi connectivity index (χ2n) is 23.1. The molecule has 0 bridgehead atoms. The summed E-state index contributed by atoms with van der Waals surface area (Å²) < 4.78 is 49.4. The molecule has 0 spiro atoms. The topological polar surface area (TPSA) is 216 Å². The summed E-state index contributed by atoms with van der Waals surface area (Å²) in [4.78, 5) is 64.6. The van der Waals surface area contributed by atoms with E-state index in [1.807, 2.05) is 18.2 Å². The molecule has 2 aromatic carbocycles. The van der Waals surface area contributed by atoms with E-state index >= 15 is 0 Å². The van der Waals surface area contributed by atoms with Crippen molar-refractivity contribution in [1.82, 2.24) is 0 Å². The smallest absolute Gasteiger partial charge is 0.419 e. The van der Waals surface area contributed by atoms with Gasteiger partial charge in [0.15, 0.2) is 0 Å². The van der Waals surface area contributed by atoms with E-state index in [2.05, 4.69) is 48.7 Å². The number of carboxylic acids is 5. The fourth-order valence-electron chi connectivity index (χ4n) is 10.2. The number of carbonyl (C=O) groups is 6. The van der Waals surface area contributed by atoms with E-state index in [1.165, 1.54) is 167 Å². The van der Waals surface area contributed by atoms with Gasteiger partial charge in [-0.3, -0.25) is 24.0 Å². The largest absolute Gasteiger partial charge is 0.481 e. The summed E-state index contributed by atoms with van der Waals surface area (Å²) in [5, 5.41) is 45.9. The van der Waals surface area contributed by atoms with Gasteiger partial charge in [-0.2, -0.15) is 13.2 Å². The molecule has 6 N–H and O–H groups in total. The van der Waals surface area contributed by atoms with E-state index in [4.69, 9.17) is 25.5 Å². The van der Waals surface area contributed by atoms with E-state index < -0.39 is 59.2 Å². The highest BCUT2D eigenvalue weighted by Gasteiger charge is 2.36. The zero-order valence-corrected chi connectivity index (χ0v) is 53.3. The number of carbonyl (C=O) groups excluding carboxylic acids is 1. The normalized spacial score (nSPS) is 14.0. The Morgan fingerprint density at radius 3 is 1.19 bits per heavy atom. The molecule has 0 aromatic heterocycles. The minimum Gasteiger partial charge on any atom is -0.481 e. The Balaban J connectivity index is 0.00000118. The van der Waals surface area contributed by atoms with Crippen LogP contribution in [0.2, 0.25) is 0 Å². The zero-order chi connectivity index (χ0) is 65.1. The molecule has 1 saturated carbocycles. The Morgan fingerprint density at radius 2 is 0.841 bits per heavy atom. The number of para-hydroxylation sites is 1. The van der Waals surface area contributed by atoms with Gasteiger partial charge in [-0.05, 0) is 100 Å². The van der Waals surface area contributed by atoms with Crippen LogP contribution in [0.15, 0.2) is 91.1 Å². The SMILES string of the molecule is CCC=CCC=CC/C=C\CCCCCCCCCCCC(=O)O.O=C(Nc1ccccc1)[C@H]1CCCC[C@H]1C(=O)O.O=C(O)C=Cc1ccc(C(F)(F)F)c(F)c1.O=C(O)CCCCCCCCCCCCCCCCCCCCCCCCC(=O)O. The first kappa shape index (κ1) is 81.9. The molecule has 1 aliphatic rings. The number of carboxylic acid groups (broad SMARTS) is 5. The van der Waals surface area contributed by atoms with E-state index in [0.29, 0.717) is 50.3 Å². The molecule has 88 heavy (non-hydrogen) atoms. The highest BCUT2D eigenvalue weighted by molar-refractivity contribution is 5.95. The molecule has 1 amide bonds. The van der Waals surface area contributed by atoms with E-state index in [-0.39, 0.29) is 11.5 Å². The van der Waals surface area contributed by atoms with Crippen molar-refractivity contribution in [2.24, 2.45) is 11.8 Å². The van der Waals surface area contributed by atoms with Gasteiger partial charge in [-0.1, -0.05) is 254 Å². The van der Waals surface area contributed by atoms with Crippen LogP contribution < -0.4 is 5.32 Å². The second-order valence-corrected chi connectivity index (χ2v) is 23.1. The number of halogens is 4. The summed E-state index contributed by atoms with van der Waals surface area (Å²) in [6, 6.07) is 11.3. The first-order valence-electron chi connectivity index (χ1n) is 33.4. The molecule has 498 valence electrons. The van der Waals surface area contributed by atoms with Crippen LogP contribution in [0.3, 0.4) is 0 Å². The molecule has 1 fully saturated rings. The molecular weight excluding hydrogens is 1130 g/mol. The van der Waals surface area contributed by atoms with Crippen molar-refractivity contribution in [3.8, 4) is 0 Å². The first-order chi connectivity index (χ1) is 42.4. The van der Waals surface area contributed by atoms with Crippen LogP contribution in [0.5, 0.6) is 0 Å². The fourth-order valence-corrected chi connectivity index (χ4v) is 10.2. The molecule has 1 aliphatic carbocycles. The van der Waals surface area contributed by atoms with Gasteiger partial charge in [0.05, 0.1) is 17.4 Å². The van der Waals surface area contributed by atoms with Crippen LogP contribution in [-0.2, 0) is 34.9 Å². The summed E-state index contributed by atoms with van der Waals surface area (Å²) >= 11 is 0. The Hall–Kier alpha value is -6.06. The third-order valence-corrected chi connectivity index (χ3v) is 15.3. The predicted molar refractivity (Wildman–Crippen MR) is 348 cm³/mol. The summed E-state index contributed by atoms with van der Waals surface area (Å²) in [5.41, 5.74) is -0.606. The summed E-state index contributed by atoms with van der Waals surface area (Å²) in [5.74, 6) is -6.66. The summed E-state index contributed by atoms with van der Waals surface area (Å²) in [7, 11) is 0. The Bertz CT molecular complexity index is 2190. The highest BCUT2D eigenvalue weighted by atomic mass is 19.4. The van der Waals surface area contributed by atoms with Gasteiger partial charge >= 0.3 is 36.0 Å². The van der Waals surface area contributed by atoms with Crippen LogP contribution >= 0.6 is 0 Å². The second kappa shape index (κ2) is 57.4. The van der Waals surface area contributed by atoms with Gasteiger partial charge < -0.3 is 30.8 Å². The fraction of sp³-hybridized carbons (Fsp3) is 0.639. The Morgan fingerprint density at radius 1 is 0.477 bits per heavy atom. The maximum Gasteiger partial charge on any atom is 0.419 e. The van der Waals surface area contributed by atoms with Crippen molar-refractivity contribution in [2.75, 3.05) is 5.32 Å². The molecule has 0 heterocycles. The molecule has 0 saturated heterocycles. The van der Waals surface area contributed by atoms with Gasteiger partial charge in [0, 0.05) is 31.0 Å². The molecule has 16 heteroatoms. The number of rotatable bonds is 47. The number of allylic oxidation sites excluding steroid dienone is 6. The van der Waals surface area contributed by atoms with Crippen molar-refractivity contribution in [3.05, 3.63) is 108 Å². The number of benzene rings is 2. The van der Waals surface area contributed by atoms with E-state index in [9.17, 15) is 46.3 Å². The zero-order valence-electron chi connectivity index (χ0n) is 53.3. The molecule has 0 unspecified atom stereocenters. The molecule has 0 aliphatic heterocycles. The lowest BCUT2D eigenvalue weighted by atomic mass is 9.78. The number of aliphatic carboxylic acids is 5. The monoisotopic (exact) mass is 1240 g/mol. The average Bonchev–Trinajstić information content (AvgIpc) is 1.59. The number of amides is 1. The van der Waals surface area contributed by atoms with Gasteiger partial charge in [-0.25, -0.2) is 9.18 Å². The number of anilines is 1. The summed E-state index contributed by atoms with van der Waals surface area (Å²) in [6.07, 6.45) is 58.0. The van der Waals surface area contributed by atoms with Crippen molar-refractivity contribution in [3.63, 3.8) is 0 Å². The van der Waals surface area contributed by atoms with Crippen LogP contribution in [-0.4, -0.2) is 61.3 Å². The van der Waals surface area contributed by atoms with Gasteiger partial charge in [-0.15, -0.1) is 0 Å². The van der Waals surface area contributed by atoms with Crippen molar-refractivity contribution in [1.29, 1.82) is 0 Å². The maximum atomic E-state index is 13.0. The summed E-state index contributed by atoms with van der Waals surface area (Å²) in [6.45, 7) is 2.16. The Kier molecular flexibility index (Phi) is 53.4. The van der Waals surface area contributed by atoms with Crippen LogP contribution in [0.1, 0.15) is 288 Å². The first-order valence-corrected chi connectivity index (χ1v) is 33.4. The minimum absolute atomic E-state index is 0.0490. The van der Waals surface area contributed by atoms with E-state index in [1.54, 1.807) is 12.1 Å². The lowest BCUT2D eigenvalue weighted by Gasteiger charge is -2.27. The Labute approximate surface area is 525 Å². The molecule has 12 nitrogen and oxygen atoms in total. The lowest BCUT2D eigenvalue weighted by molar-refractivity contribution is -0.147. The van der Waals surface area contributed by atoms with Gasteiger partial charge in [0.25, 0.3) is 0 Å². The van der Waals surface area contributed by atoms with Crippen LogP contribution in [0, 0.1) is 17.7 Å². The number of alkyl halides is 3. The maximum absolute atomic E-state index is 13.0. The molecular formula is C72H111F4NO11. The van der Waals surface area contributed by atoms with Gasteiger partial charge in [0.1, 0.15) is 5.82 Å². The molecule has 2 aromatic rings. The predicted octanol–water partition coefficient (Wildman–Crippen LogP) is 21.2. The third-order valence-electron chi connectivity index (χ3n) is 15.3. The third kappa shape index (κ3) is 53.0. The van der Waals surface area contributed by atoms with Gasteiger partial charge in [0.2, 0.25) is 5.91 Å². The van der Waals surface area contributed by atoms with Crippen molar-refractivity contribution >= 4 is 47.5 Å². The molecule has 2 atom stereocenters. The lowest BCUT2D eigenvalue weighted by Crippen LogP contribution is -2.36. The quantitative estimate of drug-likeness (QED) is 0.0159. The number of unbranched alkanes of at least 4 members (excludes halogenated alkanes) is 30. The van der Waals surface area contributed by atoms with E-state index in [0.717, 1.165) is 88.5 Å². The average molecular weight is 1240 g/mol. The van der Waals surface area contributed by atoms with Crippen molar-refractivity contribution < 1.29 is 71.9 Å². The minimum atomic E-state index is -4.75. The standard InChI is InChI=1S/C26H50O4.C22H38O2.C14H17NO3.C10H6F4O2/c27-25(28)23-21-19-17-15-13-11-9-7-5-3-1-2-4-6-8-10-12-14-16-18-20-22-24-26(29)30;1-2-3-4-5-6-7-8-9-10-11-12-13-14-15-16-17-18-19-20-21-22(23)24;16-13(15-10-6-2-1-3-7-10)11-8-4-5-9-12(11)14(17)18;11-8-5-6(2-4-9(15)16)1-3-7(8)10(12,13)14/h1-24H2,(H,27,28)(H,29,30);3-4,6-7,9-10H,2,5,8,11-21H2,1H3,(H,23,24);1-3,6-7,11-12H,4-5,8-9H2,(H,15,16)(H,17,18);1-5H,(H,15,16)/b;4-3?,7-6?,10-9-;;/t;;11-,12+;/m..0./s1. The molecule has 3 rings (SSSR count). The van der Waals surface area contributed by atoms with Crippen LogP contribution in [0.4, 0.5) is 23.2 Å². The highest BCUT2D eigenvalue weighted by Crippen LogP contribution is 2.33. The molecule has 0 radical (unpaired) electrons. The number of nitrogens with one attached hydrogen (secondary N) is 1. The number of hydrogen-bond acceptors (Lipinski definition) is 6.